The van der Waals surface area contributed by atoms with Gasteiger partial charge in [0.25, 0.3) is 0 Å². The number of benzene rings is 3. The van der Waals surface area contributed by atoms with Gasteiger partial charge in [-0.15, -0.1) is 0 Å². The molecule has 29 heavy (non-hydrogen) atoms. The summed E-state index contributed by atoms with van der Waals surface area (Å²) < 4.78 is 22.3. The molecule has 1 aliphatic heterocycles. The molecule has 2 unspecified atom stereocenters. The SMILES string of the molecule is COc1ccc(C2c3ccc(O)cc3OCC2c2ccc(OC)c(OC)c2)cc1. The Bertz CT molecular complexity index is 997. The third-order valence-electron chi connectivity index (χ3n) is 5.46. The van der Waals surface area contributed by atoms with Crippen LogP contribution in [0.2, 0.25) is 0 Å². The van der Waals surface area contributed by atoms with E-state index in [-0.39, 0.29) is 17.6 Å². The van der Waals surface area contributed by atoms with Crippen LogP contribution in [0.5, 0.6) is 28.7 Å². The standard InChI is InChI=1S/C24H24O5/c1-26-18-8-4-15(5-9-18)24-19-10-7-17(25)13-22(19)29-14-20(24)16-6-11-21(27-2)23(12-16)28-3/h4-13,20,24-25H,14H2,1-3H3. The van der Waals surface area contributed by atoms with Gasteiger partial charge in [-0.2, -0.15) is 0 Å². The molecule has 1 aliphatic rings. The second-order valence-electron chi connectivity index (χ2n) is 7.00. The van der Waals surface area contributed by atoms with Crippen molar-refractivity contribution in [2.45, 2.75) is 11.8 Å². The first-order chi connectivity index (χ1) is 14.1. The fourth-order valence-corrected chi connectivity index (χ4v) is 3.99. The van der Waals surface area contributed by atoms with E-state index < -0.39 is 0 Å². The predicted octanol–water partition coefficient (Wildman–Crippen LogP) is 4.73. The Morgan fingerprint density at radius 3 is 2.21 bits per heavy atom. The maximum atomic E-state index is 9.90. The van der Waals surface area contributed by atoms with Gasteiger partial charge in [0, 0.05) is 23.5 Å². The van der Waals surface area contributed by atoms with Crippen LogP contribution in [0.4, 0.5) is 0 Å². The quantitative estimate of drug-likeness (QED) is 0.681. The number of hydrogen-bond donors (Lipinski definition) is 1. The maximum Gasteiger partial charge on any atom is 0.160 e. The van der Waals surface area contributed by atoms with Crippen LogP contribution in [0.3, 0.4) is 0 Å². The molecule has 0 fully saturated rings. The lowest BCUT2D eigenvalue weighted by Gasteiger charge is -2.34. The Morgan fingerprint density at radius 1 is 0.793 bits per heavy atom. The van der Waals surface area contributed by atoms with Gasteiger partial charge in [0.2, 0.25) is 0 Å². The number of phenols is 1. The fraction of sp³-hybridized carbons (Fsp3) is 0.250. The minimum Gasteiger partial charge on any atom is -0.508 e. The zero-order valence-electron chi connectivity index (χ0n) is 16.7. The summed E-state index contributed by atoms with van der Waals surface area (Å²) in [4.78, 5) is 0. The van der Waals surface area contributed by atoms with Crippen molar-refractivity contribution in [1.82, 2.24) is 0 Å². The Balaban J connectivity index is 1.82. The van der Waals surface area contributed by atoms with Crippen molar-refractivity contribution in [2.24, 2.45) is 0 Å². The molecule has 5 heteroatoms. The summed E-state index contributed by atoms with van der Waals surface area (Å²) in [6, 6.07) is 19.4. The molecule has 0 amide bonds. The summed E-state index contributed by atoms with van der Waals surface area (Å²) in [6.07, 6.45) is 0. The van der Waals surface area contributed by atoms with Crippen LogP contribution in [0.15, 0.2) is 60.7 Å². The Morgan fingerprint density at radius 2 is 1.52 bits per heavy atom. The molecule has 1 N–H and O–H groups in total. The Kier molecular flexibility index (Phi) is 5.21. The average molecular weight is 392 g/mol. The van der Waals surface area contributed by atoms with Crippen LogP contribution in [-0.4, -0.2) is 33.0 Å². The first-order valence-corrected chi connectivity index (χ1v) is 9.46. The number of aromatic hydroxyl groups is 1. The minimum absolute atomic E-state index is 0.0587. The van der Waals surface area contributed by atoms with Crippen molar-refractivity contribution in [2.75, 3.05) is 27.9 Å². The number of rotatable bonds is 5. The monoisotopic (exact) mass is 392 g/mol. The van der Waals surface area contributed by atoms with E-state index >= 15 is 0 Å². The van der Waals surface area contributed by atoms with E-state index in [4.69, 9.17) is 18.9 Å². The van der Waals surface area contributed by atoms with E-state index in [9.17, 15) is 5.11 Å². The van der Waals surface area contributed by atoms with Crippen molar-refractivity contribution in [3.8, 4) is 28.7 Å². The van der Waals surface area contributed by atoms with E-state index in [2.05, 4.69) is 18.2 Å². The van der Waals surface area contributed by atoms with Gasteiger partial charge in [-0.1, -0.05) is 24.3 Å². The number of hydrogen-bond acceptors (Lipinski definition) is 5. The largest absolute Gasteiger partial charge is 0.508 e. The zero-order chi connectivity index (χ0) is 20.4. The zero-order valence-corrected chi connectivity index (χ0v) is 16.7. The van der Waals surface area contributed by atoms with Gasteiger partial charge in [-0.3, -0.25) is 0 Å². The molecule has 0 radical (unpaired) electrons. The summed E-state index contributed by atoms with van der Waals surface area (Å²) in [7, 11) is 4.93. The average Bonchev–Trinajstić information content (AvgIpc) is 2.77. The second kappa shape index (κ2) is 7.95. The highest BCUT2D eigenvalue weighted by molar-refractivity contribution is 5.52. The topological polar surface area (TPSA) is 57.2 Å². The number of fused-ring (bicyclic) bond motifs is 1. The molecule has 0 spiro atoms. The molecule has 150 valence electrons. The van der Waals surface area contributed by atoms with Gasteiger partial charge in [0.1, 0.15) is 17.2 Å². The van der Waals surface area contributed by atoms with Gasteiger partial charge in [-0.25, -0.2) is 0 Å². The van der Waals surface area contributed by atoms with Gasteiger partial charge in [0.05, 0.1) is 27.9 Å². The Labute approximate surface area is 170 Å². The van der Waals surface area contributed by atoms with Crippen molar-refractivity contribution >= 4 is 0 Å². The molecular formula is C24H24O5. The first kappa shape index (κ1) is 19.0. The van der Waals surface area contributed by atoms with Crippen molar-refractivity contribution < 1.29 is 24.1 Å². The Hall–Kier alpha value is -3.34. The lowest BCUT2D eigenvalue weighted by atomic mass is 9.76. The van der Waals surface area contributed by atoms with Crippen LogP contribution in [0.1, 0.15) is 28.5 Å². The highest BCUT2D eigenvalue weighted by atomic mass is 16.5. The predicted molar refractivity (Wildman–Crippen MR) is 111 cm³/mol. The van der Waals surface area contributed by atoms with Crippen molar-refractivity contribution in [3.63, 3.8) is 0 Å². The van der Waals surface area contributed by atoms with Crippen molar-refractivity contribution in [1.29, 1.82) is 0 Å². The van der Waals surface area contributed by atoms with Crippen LogP contribution in [-0.2, 0) is 0 Å². The minimum atomic E-state index is 0.0587. The van der Waals surface area contributed by atoms with Crippen LogP contribution in [0, 0.1) is 0 Å². The van der Waals surface area contributed by atoms with E-state index in [0.717, 1.165) is 22.4 Å². The van der Waals surface area contributed by atoms with Crippen molar-refractivity contribution in [3.05, 3.63) is 77.4 Å². The molecule has 0 saturated heterocycles. The summed E-state index contributed by atoms with van der Waals surface area (Å²) in [5, 5.41) is 9.90. The molecule has 4 rings (SSSR count). The molecule has 2 atom stereocenters. The lowest BCUT2D eigenvalue weighted by Crippen LogP contribution is -2.25. The molecule has 0 aliphatic carbocycles. The molecule has 0 bridgehead atoms. The summed E-state index contributed by atoms with van der Waals surface area (Å²) in [6.45, 7) is 0.489. The first-order valence-electron chi connectivity index (χ1n) is 9.46. The van der Waals surface area contributed by atoms with E-state index in [1.54, 1.807) is 33.5 Å². The molecular weight excluding hydrogens is 368 g/mol. The number of ether oxygens (including phenoxy) is 4. The van der Waals surface area contributed by atoms with Gasteiger partial charge in [0.15, 0.2) is 11.5 Å². The highest BCUT2D eigenvalue weighted by Crippen LogP contribution is 2.48. The van der Waals surface area contributed by atoms with Crippen LogP contribution >= 0.6 is 0 Å². The number of phenolic OH excluding ortho intramolecular Hbond substituents is 1. The van der Waals surface area contributed by atoms with Crippen LogP contribution < -0.4 is 18.9 Å². The van der Waals surface area contributed by atoms with E-state index in [0.29, 0.717) is 23.9 Å². The lowest BCUT2D eigenvalue weighted by molar-refractivity contribution is 0.247. The summed E-state index contributed by atoms with van der Waals surface area (Å²) >= 11 is 0. The summed E-state index contributed by atoms with van der Waals surface area (Å²) in [5.74, 6) is 3.23. The second-order valence-corrected chi connectivity index (χ2v) is 7.00. The fourth-order valence-electron chi connectivity index (χ4n) is 3.99. The maximum absolute atomic E-state index is 9.90. The van der Waals surface area contributed by atoms with Gasteiger partial charge >= 0.3 is 0 Å². The highest BCUT2D eigenvalue weighted by Gasteiger charge is 2.34. The summed E-state index contributed by atoms with van der Waals surface area (Å²) in [5.41, 5.74) is 3.29. The molecule has 0 aromatic heterocycles. The number of methoxy groups -OCH3 is 3. The third kappa shape index (κ3) is 3.56. The molecule has 3 aromatic carbocycles. The molecule has 0 saturated carbocycles. The normalized spacial score (nSPS) is 17.8. The van der Waals surface area contributed by atoms with Gasteiger partial charge < -0.3 is 24.1 Å². The van der Waals surface area contributed by atoms with E-state index in [1.165, 1.54) is 0 Å². The van der Waals surface area contributed by atoms with Crippen LogP contribution in [0.25, 0.3) is 0 Å². The third-order valence-corrected chi connectivity index (χ3v) is 5.46. The molecule has 1 heterocycles. The van der Waals surface area contributed by atoms with Gasteiger partial charge in [-0.05, 0) is 41.5 Å². The molecule has 5 nitrogen and oxygen atoms in total. The molecule has 3 aromatic rings. The smallest absolute Gasteiger partial charge is 0.160 e. The van der Waals surface area contributed by atoms with E-state index in [1.807, 2.05) is 30.3 Å².